The maximum atomic E-state index is 11.6. The molecule has 18 heavy (non-hydrogen) atoms. The summed E-state index contributed by atoms with van der Waals surface area (Å²) in [7, 11) is 0. The van der Waals surface area contributed by atoms with E-state index in [9.17, 15) is 9.59 Å². The van der Waals surface area contributed by atoms with Gasteiger partial charge in [-0.05, 0) is 12.8 Å². The number of anilines is 1. The number of imide groups is 1. The quantitative estimate of drug-likeness (QED) is 0.629. The Morgan fingerprint density at radius 3 is 2.94 bits per heavy atom. The van der Waals surface area contributed by atoms with Crippen LogP contribution in [-0.2, 0) is 16.0 Å². The molecule has 1 aliphatic heterocycles. The molecule has 1 fully saturated rings. The maximum absolute atomic E-state index is 11.6. The highest BCUT2D eigenvalue weighted by Gasteiger charge is 2.27. The van der Waals surface area contributed by atoms with E-state index >= 15 is 0 Å². The van der Waals surface area contributed by atoms with Gasteiger partial charge in [0.1, 0.15) is 23.3 Å². The molecule has 1 atom stereocenters. The smallest absolute Gasteiger partial charge is 0.249 e. The normalized spacial score (nSPS) is 19.6. The van der Waals surface area contributed by atoms with Gasteiger partial charge in [-0.1, -0.05) is 18.5 Å². The summed E-state index contributed by atoms with van der Waals surface area (Å²) in [5.74, 6) is -0.0236. The van der Waals surface area contributed by atoms with Crippen molar-refractivity contribution in [1.29, 1.82) is 0 Å². The number of nitrogens with zero attached hydrogens (tertiary/aromatic N) is 2. The zero-order valence-corrected chi connectivity index (χ0v) is 10.6. The van der Waals surface area contributed by atoms with E-state index in [1.807, 2.05) is 6.92 Å². The van der Waals surface area contributed by atoms with Gasteiger partial charge >= 0.3 is 0 Å². The number of rotatable bonds is 3. The van der Waals surface area contributed by atoms with Crippen LogP contribution < -0.4 is 10.6 Å². The highest BCUT2D eigenvalue weighted by molar-refractivity contribution is 6.30. The molecule has 0 radical (unpaired) electrons. The third-order valence-electron chi connectivity index (χ3n) is 2.80. The summed E-state index contributed by atoms with van der Waals surface area (Å²) in [6, 6.07) is -0.459. The highest BCUT2D eigenvalue weighted by Crippen LogP contribution is 2.22. The van der Waals surface area contributed by atoms with E-state index in [1.54, 1.807) is 0 Å². The van der Waals surface area contributed by atoms with Gasteiger partial charge in [-0.15, -0.1) is 0 Å². The average Bonchev–Trinajstić information content (AvgIpc) is 2.33. The molecule has 1 saturated heterocycles. The zero-order valence-electron chi connectivity index (χ0n) is 9.86. The first-order valence-corrected chi connectivity index (χ1v) is 6.09. The number of carbonyl (C=O) groups is 2. The Morgan fingerprint density at radius 1 is 1.50 bits per heavy atom. The molecule has 2 rings (SSSR count). The highest BCUT2D eigenvalue weighted by atomic mass is 35.5. The topological polar surface area (TPSA) is 84.0 Å². The Hall–Kier alpha value is -1.69. The van der Waals surface area contributed by atoms with E-state index < -0.39 is 6.04 Å². The largest absolute Gasteiger partial charge is 0.358 e. The number of halogens is 1. The van der Waals surface area contributed by atoms with E-state index in [0.29, 0.717) is 30.2 Å². The van der Waals surface area contributed by atoms with Crippen molar-refractivity contribution >= 4 is 29.2 Å². The summed E-state index contributed by atoms with van der Waals surface area (Å²) in [6.45, 7) is 1.93. The van der Waals surface area contributed by atoms with Crippen LogP contribution in [0.3, 0.4) is 0 Å². The van der Waals surface area contributed by atoms with Crippen LogP contribution in [0.25, 0.3) is 0 Å². The fourth-order valence-corrected chi connectivity index (χ4v) is 2.09. The second kappa shape index (κ2) is 5.30. The van der Waals surface area contributed by atoms with Crippen LogP contribution in [0.2, 0.25) is 5.15 Å². The van der Waals surface area contributed by atoms with Gasteiger partial charge in [0.15, 0.2) is 0 Å². The monoisotopic (exact) mass is 268 g/mol. The second-order valence-corrected chi connectivity index (χ2v) is 4.35. The molecular weight excluding hydrogens is 256 g/mol. The van der Waals surface area contributed by atoms with Crippen LogP contribution in [0.4, 0.5) is 5.82 Å². The van der Waals surface area contributed by atoms with Crippen LogP contribution in [0.5, 0.6) is 0 Å². The number of piperidine rings is 1. The van der Waals surface area contributed by atoms with Crippen molar-refractivity contribution in [2.24, 2.45) is 0 Å². The summed E-state index contributed by atoms with van der Waals surface area (Å²) in [5.41, 5.74) is 0.767. The van der Waals surface area contributed by atoms with E-state index in [1.165, 1.54) is 6.33 Å². The molecule has 1 aromatic heterocycles. The van der Waals surface area contributed by atoms with Gasteiger partial charge in [0, 0.05) is 12.0 Å². The van der Waals surface area contributed by atoms with Crippen molar-refractivity contribution < 1.29 is 9.59 Å². The fourth-order valence-electron chi connectivity index (χ4n) is 1.82. The van der Waals surface area contributed by atoms with Gasteiger partial charge in [0.25, 0.3) is 0 Å². The second-order valence-electron chi connectivity index (χ2n) is 3.99. The van der Waals surface area contributed by atoms with Crippen molar-refractivity contribution in [3.05, 3.63) is 17.0 Å². The molecule has 0 spiro atoms. The first kappa shape index (κ1) is 12.8. The number of nitrogens with one attached hydrogen (secondary N) is 2. The molecule has 0 aliphatic carbocycles. The molecule has 96 valence electrons. The Bertz CT molecular complexity index is 492. The minimum atomic E-state index is -0.459. The van der Waals surface area contributed by atoms with Crippen LogP contribution >= 0.6 is 11.6 Å². The number of hydrogen-bond donors (Lipinski definition) is 2. The van der Waals surface area contributed by atoms with Gasteiger partial charge in [-0.3, -0.25) is 14.9 Å². The number of hydrogen-bond acceptors (Lipinski definition) is 5. The summed E-state index contributed by atoms with van der Waals surface area (Å²) in [6.07, 6.45) is 2.78. The van der Waals surface area contributed by atoms with Gasteiger partial charge < -0.3 is 5.32 Å². The van der Waals surface area contributed by atoms with E-state index in [4.69, 9.17) is 11.6 Å². The Kier molecular flexibility index (Phi) is 3.76. The Labute approximate surface area is 109 Å². The average molecular weight is 269 g/mol. The molecule has 2 N–H and O–H groups in total. The van der Waals surface area contributed by atoms with Gasteiger partial charge in [0.2, 0.25) is 11.8 Å². The first-order valence-electron chi connectivity index (χ1n) is 5.71. The van der Waals surface area contributed by atoms with Crippen molar-refractivity contribution in [3.8, 4) is 0 Å². The molecule has 0 aromatic carbocycles. The predicted octanol–water partition coefficient (Wildman–Crippen LogP) is 0.909. The Morgan fingerprint density at radius 2 is 2.28 bits per heavy atom. The zero-order chi connectivity index (χ0) is 13.1. The predicted molar refractivity (Wildman–Crippen MR) is 66.2 cm³/mol. The molecular formula is C11H13ClN4O2. The van der Waals surface area contributed by atoms with E-state index in [0.717, 1.165) is 5.56 Å². The lowest BCUT2D eigenvalue weighted by Crippen LogP contribution is -2.47. The summed E-state index contributed by atoms with van der Waals surface area (Å²) < 4.78 is 0. The first-order chi connectivity index (χ1) is 8.61. The minimum absolute atomic E-state index is 0.241. The van der Waals surface area contributed by atoms with E-state index in [2.05, 4.69) is 20.6 Å². The summed E-state index contributed by atoms with van der Waals surface area (Å²) >= 11 is 5.96. The van der Waals surface area contributed by atoms with Gasteiger partial charge in [-0.2, -0.15) is 0 Å². The third kappa shape index (κ3) is 2.59. The summed E-state index contributed by atoms with van der Waals surface area (Å²) in [5, 5.41) is 5.67. The SMILES string of the molecule is CCc1c(Cl)ncnc1NC1CCC(=O)NC1=O. The van der Waals surface area contributed by atoms with Gasteiger partial charge in [0.05, 0.1) is 0 Å². The molecule has 1 aliphatic rings. The molecule has 0 saturated carbocycles. The molecule has 1 unspecified atom stereocenters. The third-order valence-corrected chi connectivity index (χ3v) is 3.12. The van der Waals surface area contributed by atoms with Gasteiger partial charge in [-0.25, -0.2) is 9.97 Å². The lowest BCUT2D eigenvalue weighted by Gasteiger charge is -2.23. The maximum Gasteiger partial charge on any atom is 0.249 e. The van der Waals surface area contributed by atoms with Crippen LogP contribution in [0, 0.1) is 0 Å². The van der Waals surface area contributed by atoms with Crippen LogP contribution in [0.15, 0.2) is 6.33 Å². The van der Waals surface area contributed by atoms with Crippen LogP contribution in [0.1, 0.15) is 25.3 Å². The molecule has 6 nitrogen and oxygen atoms in total. The van der Waals surface area contributed by atoms with Crippen molar-refractivity contribution in [2.75, 3.05) is 5.32 Å². The lowest BCUT2D eigenvalue weighted by atomic mass is 10.1. The molecule has 1 aromatic rings. The molecule has 2 heterocycles. The van der Waals surface area contributed by atoms with Crippen molar-refractivity contribution in [1.82, 2.24) is 15.3 Å². The Balaban J connectivity index is 2.17. The minimum Gasteiger partial charge on any atom is -0.358 e. The number of carbonyl (C=O) groups excluding carboxylic acids is 2. The molecule has 7 heteroatoms. The fraction of sp³-hybridized carbons (Fsp3) is 0.455. The van der Waals surface area contributed by atoms with E-state index in [-0.39, 0.29) is 11.8 Å². The van der Waals surface area contributed by atoms with Crippen molar-refractivity contribution in [2.45, 2.75) is 32.2 Å². The number of amides is 2. The van der Waals surface area contributed by atoms with Crippen molar-refractivity contribution in [3.63, 3.8) is 0 Å². The number of aromatic nitrogens is 2. The molecule has 2 amide bonds. The summed E-state index contributed by atoms with van der Waals surface area (Å²) in [4.78, 5) is 30.6. The standard InChI is InChI=1S/C11H13ClN4O2/c1-2-6-9(12)13-5-14-10(6)15-7-3-4-8(17)16-11(7)18/h5,7H,2-4H2,1H3,(H,13,14,15)(H,16,17,18). The lowest BCUT2D eigenvalue weighted by molar-refractivity contribution is -0.133. The molecule has 0 bridgehead atoms. The van der Waals surface area contributed by atoms with Crippen LogP contribution in [-0.4, -0.2) is 27.8 Å².